The van der Waals surface area contributed by atoms with Gasteiger partial charge in [0.05, 0.1) is 12.9 Å². The molecule has 1 aliphatic rings. The quantitative estimate of drug-likeness (QED) is 0.584. The standard InChI is InChI=1S/C24H28N2O4S/c1-17(27)19-4-7-22(8-5-19)25-10-12-26(13-11-25)24(29)16-31-15-21-14-20(18(2)28)6-9-23(21)30-3/h4-9,14H,10-13,15-16H2,1-3H3. The molecule has 0 N–H and O–H groups in total. The molecule has 2 aromatic carbocycles. The van der Waals surface area contributed by atoms with E-state index >= 15 is 0 Å². The Morgan fingerprint density at radius 1 is 0.903 bits per heavy atom. The molecule has 0 radical (unpaired) electrons. The van der Waals surface area contributed by atoms with Crippen LogP contribution in [0.4, 0.5) is 5.69 Å². The Labute approximate surface area is 187 Å². The van der Waals surface area contributed by atoms with Gasteiger partial charge in [0, 0.05) is 54.3 Å². The number of hydrogen-bond acceptors (Lipinski definition) is 6. The van der Waals surface area contributed by atoms with Gasteiger partial charge in [-0.3, -0.25) is 14.4 Å². The number of thioether (sulfide) groups is 1. The Hall–Kier alpha value is -2.80. The van der Waals surface area contributed by atoms with Gasteiger partial charge in [0.2, 0.25) is 5.91 Å². The van der Waals surface area contributed by atoms with E-state index in [0.717, 1.165) is 30.1 Å². The van der Waals surface area contributed by atoms with Crippen LogP contribution in [0.15, 0.2) is 42.5 Å². The van der Waals surface area contributed by atoms with E-state index in [4.69, 9.17) is 4.74 Å². The molecule has 2 aromatic rings. The van der Waals surface area contributed by atoms with Gasteiger partial charge >= 0.3 is 0 Å². The molecule has 1 saturated heterocycles. The van der Waals surface area contributed by atoms with Gasteiger partial charge in [-0.15, -0.1) is 11.8 Å². The number of nitrogens with zero attached hydrogens (tertiary/aromatic N) is 2. The summed E-state index contributed by atoms with van der Waals surface area (Å²) in [7, 11) is 1.61. The molecular weight excluding hydrogens is 412 g/mol. The molecule has 0 spiro atoms. The lowest BCUT2D eigenvalue weighted by Crippen LogP contribution is -2.49. The lowest BCUT2D eigenvalue weighted by molar-refractivity contribution is -0.128. The number of Topliss-reactive ketones (excluding diaryl/α,β-unsaturated/α-hetero) is 2. The zero-order valence-corrected chi connectivity index (χ0v) is 19.0. The minimum atomic E-state index is 0.0128. The third kappa shape index (κ3) is 5.88. The Morgan fingerprint density at radius 3 is 2.10 bits per heavy atom. The molecule has 0 saturated carbocycles. The molecule has 3 rings (SSSR count). The minimum Gasteiger partial charge on any atom is -0.496 e. The minimum absolute atomic E-state index is 0.0128. The molecule has 1 heterocycles. The van der Waals surface area contributed by atoms with Crippen LogP contribution in [-0.2, 0) is 10.5 Å². The summed E-state index contributed by atoms with van der Waals surface area (Å²) in [5, 5.41) is 0. The highest BCUT2D eigenvalue weighted by Gasteiger charge is 2.21. The lowest BCUT2D eigenvalue weighted by Gasteiger charge is -2.36. The van der Waals surface area contributed by atoms with Crippen LogP contribution < -0.4 is 9.64 Å². The fourth-order valence-electron chi connectivity index (χ4n) is 3.57. The topological polar surface area (TPSA) is 66.9 Å². The van der Waals surface area contributed by atoms with Crippen molar-refractivity contribution in [3.05, 3.63) is 59.2 Å². The molecule has 1 aliphatic heterocycles. The lowest BCUT2D eigenvalue weighted by atomic mass is 10.1. The fraction of sp³-hybridized carbons (Fsp3) is 0.375. The van der Waals surface area contributed by atoms with E-state index < -0.39 is 0 Å². The van der Waals surface area contributed by atoms with Crippen LogP contribution in [0, 0.1) is 0 Å². The van der Waals surface area contributed by atoms with Crippen molar-refractivity contribution in [2.75, 3.05) is 43.9 Å². The maximum Gasteiger partial charge on any atom is 0.232 e. The summed E-state index contributed by atoms with van der Waals surface area (Å²) >= 11 is 1.53. The number of carbonyl (C=O) groups is 3. The van der Waals surface area contributed by atoms with E-state index in [1.54, 1.807) is 33.1 Å². The molecule has 0 bridgehead atoms. The number of rotatable bonds is 8. The second kappa shape index (κ2) is 10.5. The van der Waals surface area contributed by atoms with Gasteiger partial charge in [-0.2, -0.15) is 0 Å². The normalized spacial score (nSPS) is 13.8. The molecule has 0 atom stereocenters. The Balaban J connectivity index is 1.49. The van der Waals surface area contributed by atoms with Gasteiger partial charge in [0.25, 0.3) is 0 Å². The summed E-state index contributed by atoms with van der Waals surface area (Å²) < 4.78 is 5.38. The predicted molar refractivity (Wildman–Crippen MR) is 124 cm³/mol. The highest BCUT2D eigenvalue weighted by atomic mass is 32.2. The number of anilines is 1. The van der Waals surface area contributed by atoms with Gasteiger partial charge < -0.3 is 14.5 Å². The third-order valence-electron chi connectivity index (χ3n) is 5.44. The van der Waals surface area contributed by atoms with Crippen molar-refractivity contribution < 1.29 is 19.1 Å². The van der Waals surface area contributed by atoms with Crippen LogP contribution in [0.1, 0.15) is 40.1 Å². The van der Waals surface area contributed by atoms with E-state index in [2.05, 4.69) is 4.90 Å². The van der Waals surface area contributed by atoms with Crippen molar-refractivity contribution >= 4 is 34.9 Å². The van der Waals surface area contributed by atoms with E-state index in [0.29, 0.717) is 35.7 Å². The van der Waals surface area contributed by atoms with Crippen molar-refractivity contribution in [1.29, 1.82) is 0 Å². The van der Waals surface area contributed by atoms with Gasteiger partial charge in [-0.25, -0.2) is 0 Å². The number of piperazine rings is 1. The first-order valence-electron chi connectivity index (χ1n) is 10.3. The zero-order chi connectivity index (χ0) is 22.4. The van der Waals surface area contributed by atoms with Gasteiger partial charge in [0.1, 0.15) is 5.75 Å². The highest BCUT2D eigenvalue weighted by molar-refractivity contribution is 7.99. The van der Waals surface area contributed by atoms with Crippen molar-refractivity contribution in [1.82, 2.24) is 4.90 Å². The second-order valence-corrected chi connectivity index (χ2v) is 8.53. The summed E-state index contributed by atoms with van der Waals surface area (Å²) in [6.45, 7) is 6.00. The summed E-state index contributed by atoms with van der Waals surface area (Å²) in [5.41, 5.74) is 3.35. The van der Waals surface area contributed by atoms with Crippen molar-refractivity contribution in [3.8, 4) is 5.75 Å². The molecule has 1 fully saturated rings. The first kappa shape index (κ1) is 22.9. The number of benzene rings is 2. The molecule has 6 nitrogen and oxygen atoms in total. The molecule has 0 aliphatic carbocycles. The number of hydrogen-bond donors (Lipinski definition) is 0. The number of methoxy groups -OCH3 is 1. The second-order valence-electron chi connectivity index (χ2n) is 7.55. The van der Waals surface area contributed by atoms with E-state index in [1.165, 1.54) is 11.8 Å². The molecule has 0 unspecified atom stereocenters. The summed E-state index contributed by atoms with van der Waals surface area (Å²) in [6, 6.07) is 13.0. The fourth-order valence-corrected chi connectivity index (χ4v) is 4.48. The van der Waals surface area contributed by atoms with Gasteiger partial charge in [0.15, 0.2) is 11.6 Å². The predicted octanol–water partition coefficient (Wildman–Crippen LogP) is 3.68. The monoisotopic (exact) mass is 440 g/mol. The summed E-state index contributed by atoms with van der Waals surface area (Å²) in [6.07, 6.45) is 0. The van der Waals surface area contributed by atoms with Gasteiger partial charge in [-0.1, -0.05) is 0 Å². The van der Waals surface area contributed by atoms with E-state index in [-0.39, 0.29) is 17.5 Å². The van der Waals surface area contributed by atoms with Crippen LogP contribution >= 0.6 is 11.8 Å². The maximum absolute atomic E-state index is 12.6. The number of ketones is 2. The summed E-state index contributed by atoms with van der Waals surface area (Å²) in [4.78, 5) is 39.8. The zero-order valence-electron chi connectivity index (χ0n) is 18.2. The first-order valence-corrected chi connectivity index (χ1v) is 11.4. The van der Waals surface area contributed by atoms with Crippen molar-refractivity contribution in [3.63, 3.8) is 0 Å². The smallest absolute Gasteiger partial charge is 0.232 e. The molecule has 31 heavy (non-hydrogen) atoms. The molecular formula is C24H28N2O4S. The number of ether oxygens (including phenoxy) is 1. The Morgan fingerprint density at radius 2 is 1.52 bits per heavy atom. The van der Waals surface area contributed by atoms with Crippen molar-refractivity contribution in [2.45, 2.75) is 19.6 Å². The summed E-state index contributed by atoms with van der Waals surface area (Å²) in [5.74, 6) is 1.93. The van der Waals surface area contributed by atoms with Crippen LogP contribution in [0.5, 0.6) is 5.75 Å². The van der Waals surface area contributed by atoms with E-state index in [1.807, 2.05) is 35.2 Å². The molecule has 0 aromatic heterocycles. The highest BCUT2D eigenvalue weighted by Crippen LogP contribution is 2.25. The molecule has 1 amide bonds. The number of carbonyl (C=O) groups excluding carboxylic acids is 3. The van der Waals surface area contributed by atoms with E-state index in [9.17, 15) is 14.4 Å². The average Bonchev–Trinajstić information content (AvgIpc) is 2.79. The van der Waals surface area contributed by atoms with Crippen molar-refractivity contribution in [2.24, 2.45) is 0 Å². The first-order chi connectivity index (χ1) is 14.9. The Bertz CT molecular complexity index is 951. The maximum atomic E-state index is 12.6. The van der Waals surface area contributed by atoms with Crippen LogP contribution in [-0.4, -0.2) is 61.4 Å². The van der Waals surface area contributed by atoms with Crippen LogP contribution in [0.25, 0.3) is 0 Å². The largest absolute Gasteiger partial charge is 0.496 e. The molecule has 7 heteroatoms. The molecule has 164 valence electrons. The average molecular weight is 441 g/mol. The third-order valence-corrected chi connectivity index (χ3v) is 6.41. The number of amides is 1. The van der Waals surface area contributed by atoms with Crippen LogP contribution in [0.3, 0.4) is 0 Å². The SMILES string of the molecule is COc1ccc(C(C)=O)cc1CSCC(=O)N1CCN(c2ccc(C(C)=O)cc2)CC1. The Kier molecular flexibility index (Phi) is 7.74. The van der Waals surface area contributed by atoms with Crippen LogP contribution in [0.2, 0.25) is 0 Å². The van der Waals surface area contributed by atoms with Gasteiger partial charge in [-0.05, 0) is 56.3 Å².